The molecule has 0 amide bonds. The first-order chi connectivity index (χ1) is 18.0. The van der Waals surface area contributed by atoms with Crippen LogP contribution in [-0.2, 0) is 23.3 Å². The van der Waals surface area contributed by atoms with Gasteiger partial charge in [0.25, 0.3) is 0 Å². The molecule has 2 aliphatic rings. The standard InChI is InChI=1S/C22H22FIN6O3.H3NO3S/c23-22-27-20(25)19-21(28-22)30(6-2-1-5-29-7-3-14(31)4-8-29)18(26-19)10-13-9-16-17(11-15(13)24)33-12-32-16;1-5(2,3)4/h9,11,14,31H,3-8,10,12H2,(H2,25,27,28);(H3,1,2,3,4). The van der Waals surface area contributed by atoms with Gasteiger partial charge in [-0.2, -0.15) is 22.8 Å². The topological polar surface area (TPSA) is 192 Å². The van der Waals surface area contributed by atoms with E-state index >= 15 is 0 Å². The van der Waals surface area contributed by atoms with Crippen molar-refractivity contribution in [3.05, 3.63) is 33.2 Å². The van der Waals surface area contributed by atoms with E-state index in [1.54, 1.807) is 4.57 Å². The summed E-state index contributed by atoms with van der Waals surface area (Å²) >= 11 is 2.25. The summed E-state index contributed by atoms with van der Waals surface area (Å²) in [6.45, 7) is 2.75. The van der Waals surface area contributed by atoms with E-state index in [4.69, 9.17) is 28.2 Å². The summed E-state index contributed by atoms with van der Waals surface area (Å²) in [5.41, 5.74) is 7.60. The van der Waals surface area contributed by atoms with Crippen molar-refractivity contribution in [1.29, 1.82) is 0 Å². The average Bonchev–Trinajstić information content (AvgIpc) is 3.41. The molecule has 1 saturated heterocycles. The Hall–Kier alpha value is -2.82. The molecule has 0 radical (unpaired) electrons. The summed E-state index contributed by atoms with van der Waals surface area (Å²) in [5.74, 6) is 8.39. The summed E-state index contributed by atoms with van der Waals surface area (Å²) < 4.78 is 52.9. The Kier molecular flexibility index (Phi) is 8.85. The molecule has 16 heteroatoms. The van der Waals surface area contributed by atoms with Gasteiger partial charge in [0, 0.05) is 23.1 Å². The minimum atomic E-state index is -4.17. The Balaban J connectivity index is 0.000000617. The van der Waals surface area contributed by atoms with E-state index in [1.807, 2.05) is 12.1 Å². The van der Waals surface area contributed by atoms with Gasteiger partial charge < -0.3 is 24.9 Å². The zero-order chi connectivity index (χ0) is 27.4. The molecule has 0 spiro atoms. The number of hydrogen-bond donors (Lipinski definition) is 4. The lowest BCUT2D eigenvalue weighted by atomic mass is 10.1. The summed E-state index contributed by atoms with van der Waals surface area (Å²) in [6, 6.07) is 3.86. The number of hydrogen-bond acceptors (Lipinski definition) is 10. The van der Waals surface area contributed by atoms with Gasteiger partial charge in [0.05, 0.1) is 19.2 Å². The average molecular weight is 661 g/mol. The number of benzene rings is 1. The first kappa shape index (κ1) is 28.2. The van der Waals surface area contributed by atoms with E-state index in [0.717, 1.165) is 35.1 Å². The second-order valence-corrected chi connectivity index (χ2v) is 10.7. The molecule has 1 aromatic carbocycles. The molecule has 6 N–H and O–H groups in total. The van der Waals surface area contributed by atoms with Gasteiger partial charge in [0.15, 0.2) is 28.5 Å². The van der Waals surface area contributed by atoms with Gasteiger partial charge >= 0.3 is 16.4 Å². The van der Waals surface area contributed by atoms with Crippen molar-refractivity contribution in [2.75, 3.05) is 32.2 Å². The van der Waals surface area contributed by atoms with Gasteiger partial charge in [-0.3, -0.25) is 9.45 Å². The highest BCUT2D eigenvalue weighted by atomic mass is 127. The van der Waals surface area contributed by atoms with Crippen molar-refractivity contribution in [2.45, 2.75) is 31.9 Å². The van der Waals surface area contributed by atoms with Crippen LogP contribution < -0.4 is 20.3 Å². The molecule has 13 nitrogen and oxygen atoms in total. The molecule has 0 bridgehead atoms. The highest BCUT2D eigenvalue weighted by Gasteiger charge is 2.21. The number of nitrogens with zero attached hydrogens (tertiary/aromatic N) is 5. The molecule has 38 heavy (non-hydrogen) atoms. The van der Waals surface area contributed by atoms with Crippen LogP contribution in [0.4, 0.5) is 10.2 Å². The number of anilines is 1. The molecule has 0 aliphatic carbocycles. The van der Waals surface area contributed by atoms with Crippen LogP contribution in [0.2, 0.25) is 0 Å². The number of ether oxygens (including phenoxy) is 2. The number of imidazole rings is 1. The van der Waals surface area contributed by atoms with Gasteiger partial charge in [-0.05, 0) is 53.1 Å². The molecule has 4 heterocycles. The second-order valence-electron chi connectivity index (χ2n) is 8.51. The maximum Gasteiger partial charge on any atom is 0.330 e. The molecular weight excluding hydrogens is 636 g/mol. The van der Waals surface area contributed by atoms with E-state index in [0.29, 0.717) is 48.0 Å². The number of aromatic nitrogens is 4. The number of fused-ring (bicyclic) bond motifs is 2. The highest BCUT2D eigenvalue weighted by molar-refractivity contribution is 14.1. The highest BCUT2D eigenvalue weighted by Crippen LogP contribution is 2.36. The minimum Gasteiger partial charge on any atom is -0.454 e. The maximum absolute atomic E-state index is 14.0. The maximum atomic E-state index is 14.0. The Bertz CT molecular complexity index is 1490. The number of likely N-dealkylation sites (tertiary alicyclic amines) is 1. The number of nitrogen functional groups attached to an aromatic ring is 1. The van der Waals surface area contributed by atoms with Crippen LogP contribution in [0.15, 0.2) is 12.1 Å². The first-order valence-corrected chi connectivity index (χ1v) is 13.9. The van der Waals surface area contributed by atoms with Crippen molar-refractivity contribution in [2.24, 2.45) is 5.14 Å². The van der Waals surface area contributed by atoms with Crippen LogP contribution in [0.1, 0.15) is 24.2 Å². The van der Waals surface area contributed by atoms with Gasteiger partial charge in [0.2, 0.25) is 6.79 Å². The van der Waals surface area contributed by atoms with Crippen molar-refractivity contribution < 1.29 is 31.9 Å². The lowest BCUT2D eigenvalue weighted by Crippen LogP contribution is -2.35. The molecule has 1 fully saturated rings. The smallest absolute Gasteiger partial charge is 0.330 e. The molecule has 0 unspecified atom stereocenters. The monoisotopic (exact) mass is 661 g/mol. The largest absolute Gasteiger partial charge is 0.454 e. The third-order valence-corrected chi connectivity index (χ3v) is 6.79. The van der Waals surface area contributed by atoms with Crippen LogP contribution in [0.25, 0.3) is 11.2 Å². The van der Waals surface area contributed by atoms with Crippen LogP contribution in [0, 0.1) is 21.5 Å². The summed E-state index contributed by atoms with van der Waals surface area (Å²) in [4.78, 5) is 14.4. The Labute approximate surface area is 231 Å². The molecule has 5 rings (SSSR count). The Morgan fingerprint density at radius 3 is 2.45 bits per heavy atom. The number of halogens is 2. The normalized spacial score (nSPS) is 15.6. The lowest BCUT2D eigenvalue weighted by Gasteiger charge is -2.27. The zero-order valence-corrected chi connectivity index (χ0v) is 22.9. The van der Waals surface area contributed by atoms with Crippen LogP contribution in [0.5, 0.6) is 11.5 Å². The fourth-order valence-corrected chi connectivity index (χ4v) is 4.61. The van der Waals surface area contributed by atoms with Crippen molar-refractivity contribution in [3.63, 3.8) is 0 Å². The van der Waals surface area contributed by atoms with Crippen molar-refractivity contribution >= 4 is 49.9 Å². The Morgan fingerprint density at radius 2 is 1.76 bits per heavy atom. The molecule has 2 aliphatic heterocycles. The molecule has 204 valence electrons. The molecule has 0 saturated carbocycles. The number of piperidine rings is 1. The number of aliphatic hydroxyl groups excluding tert-OH is 1. The van der Waals surface area contributed by atoms with E-state index in [1.165, 1.54) is 0 Å². The lowest BCUT2D eigenvalue weighted by molar-refractivity contribution is 0.0889. The van der Waals surface area contributed by atoms with Gasteiger partial charge in [-0.15, -0.1) is 0 Å². The quantitative estimate of drug-likeness (QED) is 0.133. The predicted octanol–water partition coefficient (Wildman–Crippen LogP) is 0.680. The third-order valence-electron chi connectivity index (χ3n) is 5.79. The van der Waals surface area contributed by atoms with E-state index < -0.39 is 16.4 Å². The molecule has 2 aromatic heterocycles. The van der Waals surface area contributed by atoms with E-state index in [9.17, 15) is 9.50 Å². The number of rotatable bonds is 4. The molecule has 3 aromatic rings. The van der Waals surface area contributed by atoms with Gasteiger partial charge in [0.1, 0.15) is 5.82 Å². The van der Waals surface area contributed by atoms with E-state index in [2.05, 4.69) is 59.4 Å². The van der Waals surface area contributed by atoms with Crippen LogP contribution >= 0.6 is 22.6 Å². The van der Waals surface area contributed by atoms with E-state index in [-0.39, 0.29) is 18.7 Å². The van der Waals surface area contributed by atoms with Gasteiger partial charge in [-0.1, -0.05) is 11.8 Å². The number of nitrogens with two attached hydrogens (primary N) is 2. The van der Waals surface area contributed by atoms with Crippen molar-refractivity contribution in [3.8, 4) is 23.3 Å². The summed E-state index contributed by atoms with van der Waals surface area (Å²) in [5, 5.41) is 13.5. The van der Waals surface area contributed by atoms with Gasteiger partial charge in [-0.25, -0.2) is 10.1 Å². The fourth-order valence-electron chi connectivity index (χ4n) is 3.99. The summed E-state index contributed by atoms with van der Waals surface area (Å²) in [6.07, 6.45) is 0.875. The third kappa shape index (κ3) is 7.39. The SMILES string of the molecule is NS(=O)(=O)O.Nc1nc(F)nc2c1nc(Cc1cc3c(cc1I)OCO3)n2CC#CCN1CCC(O)CC1. The van der Waals surface area contributed by atoms with Crippen molar-refractivity contribution in [1.82, 2.24) is 24.4 Å². The summed E-state index contributed by atoms with van der Waals surface area (Å²) in [7, 11) is -4.17. The Morgan fingerprint density at radius 1 is 1.13 bits per heavy atom. The number of aliphatic hydroxyl groups is 1. The molecular formula is C22H25FIN7O6S. The fraction of sp³-hybridized carbons (Fsp3) is 0.409. The second kappa shape index (κ2) is 11.9. The zero-order valence-electron chi connectivity index (χ0n) is 20.0. The first-order valence-electron chi connectivity index (χ1n) is 11.4. The molecule has 0 atom stereocenters. The van der Waals surface area contributed by atoms with Crippen LogP contribution in [-0.4, -0.2) is 75.0 Å². The minimum absolute atomic E-state index is 0.00211. The van der Waals surface area contributed by atoms with Crippen LogP contribution in [0.3, 0.4) is 0 Å². The predicted molar refractivity (Wildman–Crippen MR) is 143 cm³/mol.